The Morgan fingerprint density at radius 1 is 1.30 bits per heavy atom. The molecule has 0 bridgehead atoms. The van der Waals surface area contributed by atoms with Crippen LogP contribution in [0.3, 0.4) is 0 Å². The van der Waals surface area contributed by atoms with Gasteiger partial charge in [0, 0.05) is 24.7 Å². The van der Waals surface area contributed by atoms with Crippen LogP contribution in [0.25, 0.3) is 0 Å². The normalized spacial score (nSPS) is 14.6. The number of hydrogen-bond donors (Lipinski definition) is 1. The molecular formula is C17H21ClF3N5O. The van der Waals surface area contributed by atoms with Crippen LogP contribution in [0.1, 0.15) is 48.0 Å². The molecule has 1 amide bonds. The summed E-state index contributed by atoms with van der Waals surface area (Å²) in [6, 6.07) is 1.05. The topological polar surface area (TPSA) is 64.7 Å². The van der Waals surface area contributed by atoms with Gasteiger partial charge in [0.2, 0.25) is 5.91 Å². The van der Waals surface area contributed by atoms with E-state index in [1.54, 1.807) is 4.68 Å². The highest BCUT2D eigenvalue weighted by molar-refractivity contribution is 6.31. The fraction of sp³-hybridized carbons (Fsp3) is 0.588. The van der Waals surface area contributed by atoms with Crippen molar-refractivity contribution >= 4 is 17.5 Å². The molecule has 0 aliphatic heterocycles. The predicted octanol–water partition coefficient (Wildman–Crippen LogP) is 3.45. The first-order chi connectivity index (χ1) is 12.7. The fourth-order valence-electron chi connectivity index (χ4n) is 2.95. The van der Waals surface area contributed by atoms with Gasteiger partial charge in [-0.2, -0.15) is 23.4 Å². The second-order valence-corrected chi connectivity index (χ2v) is 7.17. The standard InChI is InChI=1S/C17H21ClF3N5O/c1-10-16(18)11(2)25(23-10)7-3-6-22-15(27)9-26-13(12-4-5-12)8-14(24-26)17(19,20)21/h8,12H,3-7,9H2,1-2H3,(H,22,27). The molecule has 0 spiro atoms. The molecule has 0 atom stereocenters. The molecule has 6 nitrogen and oxygen atoms in total. The van der Waals surface area contributed by atoms with Crippen LogP contribution in [0.15, 0.2) is 6.07 Å². The molecule has 0 aromatic carbocycles. The molecule has 27 heavy (non-hydrogen) atoms. The van der Waals surface area contributed by atoms with Crippen LogP contribution >= 0.6 is 11.6 Å². The quantitative estimate of drug-likeness (QED) is 0.720. The number of aromatic nitrogens is 4. The van der Waals surface area contributed by atoms with Gasteiger partial charge < -0.3 is 5.32 Å². The van der Waals surface area contributed by atoms with E-state index in [-0.39, 0.29) is 18.4 Å². The zero-order chi connectivity index (χ0) is 19.8. The number of aryl methyl sites for hydroxylation is 2. The molecule has 10 heteroatoms. The van der Waals surface area contributed by atoms with E-state index < -0.39 is 11.9 Å². The summed E-state index contributed by atoms with van der Waals surface area (Å²) < 4.78 is 41.6. The molecule has 148 valence electrons. The van der Waals surface area contributed by atoms with E-state index in [0.717, 1.165) is 30.3 Å². The minimum absolute atomic E-state index is 0.0668. The van der Waals surface area contributed by atoms with Crippen LogP contribution in [0.4, 0.5) is 13.2 Å². The molecule has 3 rings (SSSR count). The van der Waals surface area contributed by atoms with Crippen LogP contribution < -0.4 is 5.32 Å². The first-order valence-electron chi connectivity index (χ1n) is 8.78. The van der Waals surface area contributed by atoms with E-state index in [1.165, 1.54) is 4.68 Å². The Morgan fingerprint density at radius 2 is 2.00 bits per heavy atom. The van der Waals surface area contributed by atoms with Gasteiger partial charge in [-0.05, 0) is 39.2 Å². The Bertz CT molecular complexity index is 838. The van der Waals surface area contributed by atoms with Crippen molar-refractivity contribution < 1.29 is 18.0 Å². The van der Waals surface area contributed by atoms with Gasteiger partial charge >= 0.3 is 6.18 Å². The Morgan fingerprint density at radius 3 is 2.56 bits per heavy atom. The van der Waals surface area contributed by atoms with Crippen molar-refractivity contribution in [3.8, 4) is 0 Å². The Kier molecular flexibility index (Phi) is 5.50. The van der Waals surface area contributed by atoms with Crippen molar-refractivity contribution in [2.24, 2.45) is 0 Å². The number of hydrogen-bond acceptors (Lipinski definition) is 3. The number of carbonyl (C=O) groups excluding carboxylic acids is 1. The molecule has 2 aromatic rings. The highest BCUT2D eigenvalue weighted by Gasteiger charge is 2.38. The molecule has 0 saturated heterocycles. The molecule has 1 saturated carbocycles. The van der Waals surface area contributed by atoms with Crippen molar-refractivity contribution in [2.45, 2.75) is 58.3 Å². The average Bonchev–Trinajstić information content (AvgIpc) is 3.30. The van der Waals surface area contributed by atoms with Crippen LogP contribution in [-0.2, 0) is 24.1 Å². The lowest BCUT2D eigenvalue weighted by Crippen LogP contribution is -2.30. The lowest BCUT2D eigenvalue weighted by molar-refractivity contribution is -0.141. The second-order valence-electron chi connectivity index (χ2n) is 6.80. The van der Waals surface area contributed by atoms with Crippen LogP contribution in [0, 0.1) is 13.8 Å². The van der Waals surface area contributed by atoms with E-state index >= 15 is 0 Å². The Labute approximate surface area is 159 Å². The van der Waals surface area contributed by atoms with E-state index in [4.69, 9.17) is 11.6 Å². The first-order valence-corrected chi connectivity index (χ1v) is 9.15. The van der Waals surface area contributed by atoms with E-state index in [1.807, 2.05) is 13.8 Å². The zero-order valence-electron chi connectivity index (χ0n) is 15.1. The van der Waals surface area contributed by atoms with E-state index in [2.05, 4.69) is 15.5 Å². The highest BCUT2D eigenvalue weighted by atomic mass is 35.5. The van der Waals surface area contributed by atoms with Crippen LogP contribution in [-0.4, -0.2) is 32.0 Å². The molecule has 1 aliphatic rings. The fourth-order valence-corrected chi connectivity index (χ4v) is 3.08. The van der Waals surface area contributed by atoms with E-state index in [0.29, 0.717) is 30.2 Å². The second kappa shape index (κ2) is 7.53. The monoisotopic (exact) mass is 403 g/mol. The number of halogens is 4. The molecule has 1 N–H and O–H groups in total. The van der Waals surface area contributed by atoms with Crippen molar-refractivity contribution in [1.29, 1.82) is 0 Å². The summed E-state index contributed by atoms with van der Waals surface area (Å²) >= 11 is 6.09. The van der Waals surface area contributed by atoms with Gasteiger partial charge in [0.25, 0.3) is 0 Å². The van der Waals surface area contributed by atoms with Crippen molar-refractivity contribution in [1.82, 2.24) is 24.9 Å². The molecule has 1 fully saturated rings. The lowest BCUT2D eigenvalue weighted by atomic mass is 10.2. The van der Waals surface area contributed by atoms with Crippen molar-refractivity contribution in [3.63, 3.8) is 0 Å². The highest BCUT2D eigenvalue weighted by Crippen LogP contribution is 2.42. The minimum atomic E-state index is -4.51. The predicted molar refractivity (Wildman–Crippen MR) is 93.5 cm³/mol. The third-order valence-electron chi connectivity index (χ3n) is 4.55. The van der Waals surface area contributed by atoms with Gasteiger partial charge in [0.15, 0.2) is 5.69 Å². The van der Waals surface area contributed by atoms with Crippen molar-refractivity contribution in [3.05, 3.63) is 33.9 Å². The summed E-state index contributed by atoms with van der Waals surface area (Å²) in [6.07, 6.45) is -2.22. The van der Waals surface area contributed by atoms with Crippen molar-refractivity contribution in [2.75, 3.05) is 6.54 Å². The summed E-state index contributed by atoms with van der Waals surface area (Å²) in [5.41, 5.74) is 1.16. The zero-order valence-corrected chi connectivity index (χ0v) is 15.9. The average molecular weight is 404 g/mol. The van der Waals surface area contributed by atoms with Crippen LogP contribution in [0.2, 0.25) is 5.02 Å². The largest absolute Gasteiger partial charge is 0.435 e. The Hall–Kier alpha value is -2.03. The number of nitrogens with one attached hydrogen (secondary N) is 1. The van der Waals surface area contributed by atoms with Gasteiger partial charge in [-0.3, -0.25) is 14.2 Å². The lowest BCUT2D eigenvalue weighted by Gasteiger charge is -2.09. The number of alkyl halides is 3. The smallest absolute Gasteiger partial charge is 0.354 e. The summed E-state index contributed by atoms with van der Waals surface area (Å²) in [5.74, 6) is -0.294. The van der Waals surface area contributed by atoms with E-state index in [9.17, 15) is 18.0 Å². The van der Waals surface area contributed by atoms with Gasteiger partial charge in [-0.15, -0.1) is 0 Å². The molecule has 2 heterocycles. The van der Waals surface area contributed by atoms with Gasteiger partial charge in [0.05, 0.1) is 16.4 Å². The molecule has 0 unspecified atom stereocenters. The molecular weight excluding hydrogens is 383 g/mol. The first kappa shape index (κ1) is 19.7. The molecule has 0 radical (unpaired) electrons. The molecule has 2 aromatic heterocycles. The Balaban J connectivity index is 1.52. The minimum Gasteiger partial charge on any atom is -0.354 e. The van der Waals surface area contributed by atoms with Gasteiger partial charge in [-0.1, -0.05) is 11.6 Å². The summed E-state index contributed by atoms with van der Waals surface area (Å²) in [4.78, 5) is 12.1. The summed E-state index contributed by atoms with van der Waals surface area (Å²) in [6.45, 7) is 4.46. The van der Waals surface area contributed by atoms with Crippen LogP contribution in [0.5, 0.6) is 0 Å². The number of nitrogens with zero attached hydrogens (tertiary/aromatic N) is 4. The summed E-state index contributed by atoms with van der Waals surface area (Å²) in [7, 11) is 0. The third kappa shape index (κ3) is 4.63. The van der Waals surface area contributed by atoms with Gasteiger partial charge in [-0.25, -0.2) is 0 Å². The maximum absolute atomic E-state index is 12.9. The number of rotatable bonds is 7. The maximum Gasteiger partial charge on any atom is 0.435 e. The summed E-state index contributed by atoms with van der Waals surface area (Å²) in [5, 5.41) is 11.2. The maximum atomic E-state index is 12.9. The SMILES string of the molecule is Cc1nn(CCCNC(=O)Cn2nc(C(F)(F)F)cc2C2CC2)c(C)c1Cl. The molecule has 1 aliphatic carbocycles. The third-order valence-corrected chi connectivity index (χ3v) is 5.10. The van der Waals surface area contributed by atoms with Gasteiger partial charge in [0.1, 0.15) is 6.54 Å². The number of carbonyl (C=O) groups is 1. The number of amides is 1.